The summed E-state index contributed by atoms with van der Waals surface area (Å²) in [5, 5.41) is 13.8. The van der Waals surface area contributed by atoms with Crippen molar-refractivity contribution in [3.05, 3.63) is 65.4 Å². The number of hydrogen-bond donors (Lipinski definition) is 2. The highest BCUT2D eigenvalue weighted by Gasteiger charge is 2.05. The fourth-order valence-electron chi connectivity index (χ4n) is 2.57. The smallest absolute Gasteiger partial charge is 0.221 e. The molecule has 3 aromatic rings. The first-order valence-corrected chi connectivity index (χ1v) is 7.68. The number of anilines is 1. The van der Waals surface area contributed by atoms with Gasteiger partial charge in [-0.1, -0.05) is 36.4 Å². The number of pyridine rings is 1. The van der Waals surface area contributed by atoms with E-state index in [1.54, 1.807) is 6.07 Å². The third kappa shape index (κ3) is 3.27. The minimum Gasteiger partial charge on any atom is -0.506 e. The van der Waals surface area contributed by atoms with Crippen LogP contribution in [0.4, 0.5) is 5.69 Å². The van der Waals surface area contributed by atoms with Gasteiger partial charge in [0.25, 0.3) is 0 Å². The van der Waals surface area contributed by atoms with E-state index in [9.17, 15) is 9.90 Å². The van der Waals surface area contributed by atoms with Crippen LogP contribution < -0.4 is 5.32 Å². The number of carbonyl (C=O) groups excluding carboxylic acids is 1. The van der Waals surface area contributed by atoms with Gasteiger partial charge in [0.05, 0.1) is 5.69 Å². The highest BCUT2D eigenvalue weighted by atomic mass is 16.3. The first-order valence-electron chi connectivity index (χ1n) is 7.68. The number of nitrogens with zero attached hydrogens (tertiary/aromatic N) is 1. The fourth-order valence-corrected chi connectivity index (χ4v) is 2.57. The highest BCUT2D eigenvalue weighted by Crippen LogP contribution is 2.26. The molecule has 24 heavy (non-hydrogen) atoms. The van der Waals surface area contributed by atoms with Crippen molar-refractivity contribution in [1.82, 2.24) is 4.98 Å². The van der Waals surface area contributed by atoms with Gasteiger partial charge >= 0.3 is 0 Å². The SMILES string of the molecule is CC(=O)Nc1ccccc1/C=C/c1ccc2c(C)ccc(O)c2n1. The minimum absolute atomic E-state index is 0.111. The molecular formula is C20H18N2O2. The Balaban J connectivity index is 1.97. The molecule has 0 aliphatic heterocycles. The molecule has 0 fully saturated rings. The lowest BCUT2D eigenvalue weighted by Crippen LogP contribution is -2.06. The van der Waals surface area contributed by atoms with Gasteiger partial charge in [-0.3, -0.25) is 4.79 Å². The molecule has 120 valence electrons. The van der Waals surface area contributed by atoms with Crippen LogP contribution in [0.5, 0.6) is 5.75 Å². The number of amides is 1. The number of phenolic OH excluding ortho intramolecular Hbond substituents is 1. The van der Waals surface area contributed by atoms with E-state index in [1.807, 2.05) is 61.5 Å². The van der Waals surface area contributed by atoms with Crippen LogP contribution in [0.3, 0.4) is 0 Å². The van der Waals surface area contributed by atoms with Gasteiger partial charge < -0.3 is 10.4 Å². The number of hydrogen-bond acceptors (Lipinski definition) is 3. The van der Waals surface area contributed by atoms with E-state index < -0.39 is 0 Å². The summed E-state index contributed by atoms with van der Waals surface area (Å²) in [5.74, 6) is 0.0598. The van der Waals surface area contributed by atoms with E-state index in [0.717, 1.165) is 27.9 Å². The highest BCUT2D eigenvalue weighted by molar-refractivity contribution is 5.92. The van der Waals surface area contributed by atoms with E-state index in [-0.39, 0.29) is 11.7 Å². The number of rotatable bonds is 3. The molecule has 0 aliphatic carbocycles. The third-order valence-electron chi connectivity index (χ3n) is 3.78. The van der Waals surface area contributed by atoms with Crippen molar-refractivity contribution >= 4 is 34.6 Å². The molecule has 0 aliphatic rings. The lowest BCUT2D eigenvalue weighted by Gasteiger charge is -2.06. The number of aromatic nitrogens is 1. The summed E-state index contributed by atoms with van der Waals surface area (Å²) in [6, 6.07) is 15.0. The zero-order valence-corrected chi connectivity index (χ0v) is 13.6. The predicted octanol–water partition coefficient (Wildman–Crippen LogP) is 4.38. The van der Waals surface area contributed by atoms with Crippen molar-refractivity contribution in [3.63, 3.8) is 0 Å². The molecule has 0 spiro atoms. The normalized spacial score (nSPS) is 11.1. The van der Waals surface area contributed by atoms with E-state index in [4.69, 9.17) is 0 Å². The maximum atomic E-state index is 11.3. The van der Waals surface area contributed by atoms with Gasteiger partial charge in [0.1, 0.15) is 11.3 Å². The van der Waals surface area contributed by atoms with Crippen molar-refractivity contribution < 1.29 is 9.90 Å². The average molecular weight is 318 g/mol. The zero-order chi connectivity index (χ0) is 17.1. The van der Waals surface area contributed by atoms with Crippen LogP contribution in [0.15, 0.2) is 48.5 Å². The van der Waals surface area contributed by atoms with Crippen molar-refractivity contribution in [2.75, 3.05) is 5.32 Å². The van der Waals surface area contributed by atoms with Crippen LogP contribution in [0.2, 0.25) is 0 Å². The van der Waals surface area contributed by atoms with Crippen LogP contribution in [0.25, 0.3) is 23.1 Å². The molecule has 0 saturated carbocycles. The van der Waals surface area contributed by atoms with Gasteiger partial charge in [0.15, 0.2) is 0 Å². The molecule has 2 N–H and O–H groups in total. The minimum atomic E-state index is -0.111. The van der Waals surface area contributed by atoms with E-state index in [1.165, 1.54) is 6.92 Å². The molecule has 2 aromatic carbocycles. The van der Waals surface area contributed by atoms with Crippen LogP contribution in [0.1, 0.15) is 23.7 Å². The standard InChI is InChI=1S/C20H18N2O2/c1-13-7-12-19(24)20-17(13)11-10-16(22-20)9-8-15-5-3-4-6-18(15)21-14(2)23/h3-12,24H,1-2H3,(H,21,23)/b9-8+. The monoisotopic (exact) mass is 318 g/mol. The van der Waals surface area contributed by atoms with Crippen LogP contribution >= 0.6 is 0 Å². The molecule has 1 amide bonds. The number of nitrogens with one attached hydrogen (secondary N) is 1. The van der Waals surface area contributed by atoms with Gasteiger partial charge in [0.2, 0.25) is 5.91 Å². The molecule has 0 bridgehead atoms. The Morgan fingerprint density at radius 1 is 1.08 bits per heavy atom. The quantitative estimate of drug-likeness (QED) is 0.753. The van der Waals surface area contributed by atoms with Gasteiger partial charge in [-0.25, -0.2) is 4.98 Å². The Bertz CT molecular complexity index is 946. The molecule has 1 aromatic heterocycles. The summed E-state index contributed by atoms with van der Waals surface area (Å²) in [4.78, 5) is 15.8. The summed E-state index contributed by atoms with van der Waals surface area (Å²) in [6.45, 7) is 3.47. The largest absolute Gasteiger partial charge is 0.506 e. The fraction of sp³-hybridized carbons (Fsp3) is 0.100. The molecule has 0 unspecified atom stereocenters. The topological polar surface area (TPSA) is 62.2 Å². The first kappa shape index (κ1) is 15.7. The number of aryl methyl sites for hydroxylation is 1. The first-order chi connectivity index (χ1) is 11.5. The number of para-hydroxylation sites is 1. The summed E-state index contributed by atoms with van der Waals surface area (Å²) in [7, 11) is 0. The maximum absolute atomic E-state index is 11.3. The van der Waals surface area contributed by atoms with E-state index >= 15 is 0 Å². The summed E-state index contributed by atoms with van der Waals surface area (Å²) < 4.78 is 0. The number of fused-ring (bicyclic) bond motifs is 1. The molecule has 0 radical (unpaired) electrons. The maximum Gasteiger partial charge on any atom is 0.221 e. The summed E-state index contributed by atoms with van der Waals surface area (Å²) >= 11 is 0. The summed E-state index contributed by atoms with van der Waals surface area (Å²) in [5.41, 5.74) is 4.04. The molecule has 1 heterocycles. The van der Waals surface area contributed by atoms with Gasteiger partial charge in [-0.15, -0.1) is 0 Å². The zero-order valence-electron chi connectivity index (χ0n) is 13.6. The molecule has 3 rings (SSSR count). The molecule has 0 saturated heterocycles. The second-order valence-electron chi connectivity index (χ2n) is 5.64. The Labute approximate surface area is 140 Å². The van der Waals surface area contributed by atoms with Gasteiger partial charge in [0, 0.05) is 18.0 Å². The number of aromatic hydroxyl groups is 1. The lowest BCUT2D eigenvalue weighted by atomic mass is 10.1. The van der Waals surface area contributed by atoms with Crippen LogP contribution in [-0.4, -0.2) is 16.0 Å². The van der Waals surface area contributed by atoms with Crippen molar-refractivity contribution in [2.45, 2.75) is 13.8 Å². The third-order valence-corrected chi connectivity index (χ3v) is 3.78. The van der Waals surface area contributed by atoms with Crippen LogP contribution in [-0.2, 0) is 4.79 Å². The Morgan fingerprint density at radius 2 is 1.88 bits per heavy atom. The Kier molecular flexibility index (Phi) is 4.29. The number of phenols is 1. The Morgan fingerprint density at radius 3 is 2.67 bits per heavy atom. The average Bonchev–Trinajstić information content (AvgIpc) is 2.57. The molecule has 4 nitrogen and oxygen atoms in total. The second kappa shape index (κ2) is 6.54. The van der Waals surface area contributed by atoms with Crippen LogP contribution in [0, 0.1) is 6.92 Å². The van der Waals surface area contributed by atoms with Crippen molar-refractivity contribution in [1.29, 1.82) is 0 Å². The molecule has 4 heteroatoms. The molecule has 0 atom stereocenters. The van der Waals surface area contributed by atoms with Crippen molar-refractivity contribution in [3.8, 4) is 5.75 Å². The van der Waals surface area contributed by atoms with E-state index in [0.29, 0.717) is 5.52 Å². The predicted molar refractivity (Wildman–Crippen MR) is 97.8 cm³/mol. The van der Waals surface area contributed by atoms with Crippen molar-refractivity contribution in [2.24, 2.45) is 0 Å². The second-order valence-corrected chi connectivity index (χ2v) is 5.64. The number of carbonyl (C=O) groups is 1. The molecular weight excluding hydrogens is 300 g/mol. The Hall–Kier alpha value is -3.14. The van der Waals surface area contributed by atoms with Gasteiger partial charge in [-0.05, 0) is 42.3 Å². The lowest BCUT2D eigenvalue weighted by molar-refractivity contribution is -0.114. The number of benzene rings is 2. The van der Waals surface area contributed by atoms with Gasteiger partial charge in [-0.2, -0.15) is 0 Å². The van der Waals surface area contributed by atoms with E-state index in [2.05, 4.69) is 10.3 Å². The summed E-state index contributed by atoms with van der Waals surface area (Å²) in [6.07, 6.45) is 3.76.